The first-order valence-corrected chi connectivity index (χ1v) is 5.09. The van der Waals surface area contributed by atoms with Crippen LogP contribution in [0.25, 0.3) is 11.4 Å². The number of amides is 1. The van der Waals surface area contributed by atoms with Crippen LogP contribution >= 0.6 is 11.5 Å². The molecule has 2 aromatic rings. The summed E-state index contributed by atoms with van der Waals surface area (Å²) < 4.78 is 3.91. The van der Waals surface area contributed by atoms with E-state index in [2.05, 4.69) is 14.7 Å². The van der Waals surface area contributed by atoms with E-state index in [1.807, 2.05) is 0 Å². The second kappa shape index (κ2) is 4.15. The van der Waals surface area contributed by atoms with E-state index in [0.717, 1.165) is 17.1 Å². The number of hydrogen-bond acceptors (Lipinski definition) is 4. The van der Waals surface area contributed by atoms with Crippen molar-refractivity contribution >= 4 is 23.3 Å². The SMILES string of the molecule is O=C(O)Nc1ccc(-c2nsc(=O)[nH]2)cc1. The topological polar surface area (TPSA) is 95.1 Å². The van der Waals surface area contributed by atoms with Crippen LogP contribution in [0.5, 0.6) is 0 Å². The summed E-state index contributed by atoms with van der Waals surface area (Å²) in [5.41, 5.74) is 1.20. The van der Waals surface area contributed by atoms with Gasteiger partial charge in [0.05, 0.1) is 0 Å². The molecule has 1 amide bonds. The molecule has 1 heterocycles. The average Bonchev–Trinajstić information content (AvgIpc) is 2.65. The molecule has 0 unspecified atom stereocenters. The minimum absolute atomic E-state index is 0.220. The van der Waals surface area contributed by atoms with Gasteiger partial charge in [0.2, 0.25) is 0 Å². The molecule has 16 heavy (non-hydrogen) atoms. The van der Waals surface area contributed by atoms with Crippen LogP contribution in [-0.4, -0.2) is 20.6 Å². The van der Waals surface area contributed by atoms with Crippen molar-refractivity contribution in [2.75, 3.05) is 5.32 Å². The molecule has 0 bridgehead atoms. The van der Waals surface area contributed by atoms with Gasteiger partial charge < -0.3 is 5.11 Å². The van der Waals surface area contributed by atoms with Crippen LogP contribution in [0, 0.1) is 0 Å². The highest BCUT2D eigenvalue weighted by Gasteiger charge is 2.03. The van der Waals surface area contributed by atoms with E-state index >= 15 is 0 Å². The number of aromatic nitrogens is 2. The van der Waals surface area contributed by atoms with Gasteiger partial charge in [-0.2, -0.15) is 4.37 Å². The highest BCUT2D eigenvalue weighted by atomic mass is 32.1. The Labute approximate surface area is 93.7 Å². The Morgan fingerprint density at radius 3 is 2.56 bits per heavy atom. The van der Waals surface area contributed by atoms with Gasteiger partial charge in [-0.25, -0.2) is 4.79 Å². The highest BCUT2D eigenvalue weighted by molar-refractivity contribution is 7.03. The van der Waals surface area contributed by atoms with E-state index in [9.17, 15) is 9.59 Å². The number of H-pyrrole nitrogens is 1. The fourth-order valence-electron chi connectivity index (χ4n) is 1.19. The summed E-state index contributed by atoms with van der Waals surface area (Å²) in [5.74, 6) is 0.483. The van der Waals surface area contributed by atoms with Gasteiger partial charge in [0.25, 0.3) is 0 Å². The monoisotopic (exact) mass is 237 g/mol. The molecule has 1 aromatic carbocycles. The van der Waals surface area contributed by atoms with Crippen molar-refractivity contribution in [3.8, 4) is 11.4 Å². The van der Waals surface area contributed by atoms with Gasteiger partial charge in [-0.3, -0.25) is 15.1 Å². The van der Waals surface area contributed by atoms with Crippen molar-refractivity contribution in [1.29, 1.82) is 0 Å². The Morgan fingerprint density at radius 2 is 2.06 bits per heavy atom. The summed E-state index contributed by atoms with van der Waals surface area (Å²) >= 11 is 0.843. The molecule has 1 aromatic heterocycles. The number of hydrogen-bond donors (Lipinski definition) is 3. The lowest BCUT2D eigenvalue weighted by molar-refractivity contribution is 0.210. The second-order valence-corrected chi connectivity index (χ2v) is 3.69. The van der Waals surface area contributed by atoms with Gasteiger partial charge in [0, 0.05) is 22.8 Å². The Bertz CT molecular complexity index is 558. The van der Waals surface area contributed by atoms with Gasteiger partial charge in [-0.1, -0.05) is 0 Å². The van der Waals surface area contributed by atoms with Gasteiger partial charge >= 0.3 is 11.0 Å². The Hall–Kier alpha value is -2.15. The fourth-order valence-corrected chi connectivity index (χ4v) is 1.66. The normalized spacial score (nSPS) is 10.0. The number of carbonyl (C=O) groups is 1. The molecule has 0 spiro atoms. The maximum atomic E-state index is 10.9. The van der Waals surface area contributed by atoms with E-state index in [-0.39, 0.29) is 4.87 Å². The molecule has 82 valence electrons. The van der Waals surface area contributed by atoms with Crippen molar-refractivity contribution in [2.45, 2.75) is 0 Å². The molecule has 3 N–H and O–H groups in total. The van der Waals surface area contributed by atoms with Crippen molar-refractivity contribution in [2.24, 2.45) is 0 Å². The van der Waals surface area contributed by atoms with Crippen molar-refractivity contribution < 1.29 is 9.90 Å². The van der Waals surface area contributed by atoms with Gasteiger partial charge in [0.15, 0.2) is 5.82 Å². The minimum Gasteiger partial charge on any atom is -0.465 e. The van der Waals surface area contributed by atoms with Crippen molar-refractivity contribution in [3.05, 3.63) is 33.9 Å². The number of benzene rings is 1. The second-order valence-electron chi connectivity index (χ2n) is 2.95. The van der Waals surface area contributed by atoms with Gasteiger partial charge in [0.1, 0.15) is 0 Å². The largest absolute Gasteiger partial charge is 0.465 e. The summed E-state index contributed by atoms with van der Waals surface area (Å²) in [4.78, 5) is 23.6. The lowest BCUT2D eigenvalue weighted by Crippen LogP contribution is -2.06. The molecular weight excluding hydrogens is 230 g/mol. The Kier molecular flexibility index (Phi) is 2.69. The third-order valence-corrected chi connectivity index (χ3v) is 2.39. The third kappa shape index (κ3) is 2.26. The summed E-state index contributed by atoms with van der Waals surface area (Å²) in [6.07, 6.45) is -1.12. The Balaban J connectivity index is 2.25. The molecule has 0 saturated carbocycles. The van der Waals surface area contributed by atoms with Crippen LogP contribution in [0.2, 0.25) is 0 Å². The fraction of sp³-hybridized carbons (Fsp3) is 0. The summed E-state index contributed by atoms with van der Waals surface area (Å²) in [5, 5.41) is 10.7. The molecule has 0 aliphatic carbocycles. The minimum atomic E-state index is -1.12. The number of aromatic amines is 1. The number of anilines is 1. The van der Waals surface area contributed by atoms with Crippen LogP contribution < -0.4 is 10.2 Å². The number of carboxylic acid groups (broad SMARTS) is 1. The first-order valence-electron chi connectivity index (χ1n) is 4.31. The molecule has 0 saturated heterocycles. The molecule has 0 fully saturated rings. The van der Waals surface area contributed by atoms with Crippen molar-refractivity contribution in [1.82, 2.24) is 9.36 Å². The molecule has 0 radical (unpaired) electrons. The Morgan fingerprint density at radius 1 is 1.38 bits per heavy atom. The zero-order valence-electron chi connectivity index (χ0n) is 7.93. The highest BCUT2D eigenvalue weighted by Crippen LogP contribution is 2.17. The molecule has 7 heteroatoms. The van der Waals surface area contributed by atoms with Crippen LogP contribution in [0.4, 0.5) is 10.5 Å². The first-order chi connectivity index (χ1) is 7.65. The molecule has 0 aliphatic heterocycles. The van der Waals surface area contributed by atoms with E-state index in [1.54, 1.807) is 24.3 Å². The van der Waals surface area contributed by atoms with Crippen LogP contribution in [-0.2, 0) is 0 Å². The number of nitrogens with one attached hydrogen (secondary N) is 2. The van der Waals surface area contributed by atoms with E-state index in [4.69, 9.17) is 5.11 Å². The maximum Gasteiger partial charge on any atom is 0.409 e. The molecular formula is C9H7N3O3S. The van der Waals surface area contributed by atoms with E-state index in [0.29, 0.717) is 11.5 Å². The van der Waals surface area contributed by atoms with E-state index < -0.39 is 6.09 Å². The molecule has 0 atom stereocenters. The quantitative estimate of drug-likeness (QED) is 0.739. The van der Waals surface area contributed by atoms with Gasteiger partial charge in [-0.15, -0.1) is 0 Å². The predicted molar refractivity (Wildman–Crippen MR) is 59.8 cm³/mol. The zero-order chi connectivity index (χ0) is 11.5. The lowest BCUT2D eigenvalue weighted by atomic mass is 10.2. The lowest BCUT2D eigenvalue weighted by Gasteiger charge is -2.01. The van der Waals surface area contributed by atoms with Gasteiger partial charge in [-0.05, 0) is 24.3 Å². The summed E-state index contributed by atoms with van der Waals surface area (Å²) in [6, 6.07) is 6.55. The van der Waals surface area contributed by atoms with Crippen LogP contribution in [0.1, 0.15) is 0 Å². The van der Waals surface area contributed by atoms with E-state index in [1.165, 1.54) is 0 Å². The molecule has 2 rings (SSSR count). The predicted octanol–water partition coefficient (Wildman–Crippen LogP) is 1.59. The summed E-state index contributed by atoms with van der Waals surface area (Å²) in [6.45, 7) is 0. The van der Waals surface area contributed by atoms with Crippen LogP contribution in [0.3, 0.4) is 0 Å². The maximum absolute atomic E-state index is 10.9. The smallest absolute Gasteiger partial charge is 0.409 e. The average molecular weight is 237 g/mol. The molecule has 6 nitrogen and oxygen atoms in total. The molecule has 0 aliphatic rings. The summed E-state index contributed by atoms with van der Waals surface area (Å²) in [7, 11) is 0. The van der Waals surface area contributed by atoms with Crippen molar-refractivity contribution in [3.63, 3.8) is 0 Å². The standard InChI is InChI=1S/C9H7N3O3S/c13-8(14)10-6-3-1-5(2-4-6)7-11-9(15)16-12-7/h1-4,10H,(H,13,14)(H,11,12,15). The first kappa shape index (κ1) is 10.4. The van der Waals surface area contributed by atoms with Crippen LogP contribution in [0.15, 0.2) is 29.1 Å². The number of rotatable bonds is 2. The third-order valence-electron chi connectivity index (χ3n) is 1.85. The zero-order valence-corrected chi connectivity index (χ0v) is 8.75. The number of nitrogens with zero attached hydrogens (tertiary/aromatic N) is 1.